The molecule has 306 valence electrons. The molecule has 0 aliphatic heterocycles. The summed E-state index contributed by atoms with van der Waals surface area (Å²) in [5.74, 6) is 8.70. The van der Waals surface area contributed by atoms with Crippen molar-refractivity contribution in [1.29, 1.82) is 0 Å². The third-order valence-corrected chi connectivity index (χ3v) is 16.2. The molecule has 0 radical (unpaired) electrons. The van der Waals surface area contributed by atoms with E-state index in [1.165, 1.54) is 116 Å². The van der Waals surface area contributed by atoms with Crippen LogP contribution in [0.25, 0.3) is 0 Å². The van der Waals surface area contributed by atoms with Crippen molar-refractivity contribution in [2.75, 3.05) is 13.7 Å². The normalized spacial score (nSPS) is 41.1. The molecular formula is C50H89NO2. The van der Waals surface area contributed by atoms with E-state index in [1.807, 2.05) is 7.11 Å². The van der Waals surface area contributed by atoms with Crippen LogP contribution in [0.4, 0.5) is 0 Å². The molecule has 5 rings (SSSR count). The second kappa shape index (κ2) is 21.8. The Kier molecular flexibility index (Phi) is 17.9. The molecule has 3 heteroatoms. The Morgan fingerprint density at radius 2 is 1.15 bits per heavy atom. The smallest absolute Gasteiger partial charge is 0.0645 e. The quantitative estimate of drug-likeness (QED) is 0.147. The first-order valence-corrected chi connectivity index (χ1v) is 23.8. The van der Waals surface area contributed by atoms with E-state index in [-0.39, 0.29) is 6.10 Å². The predicted octanol–water partition coefficient (Wildman–Crippen LogP) is 13.7. The van der Waals surface area contributed by atoms with Crippen molar-refractivity contribution in [1.82, 2.24) is 4.90 Å². The predicted molar refractivity (Wildman–Crippen MR) is 228 cm³/mol. The number of hydrogen-bond donors (Lipinski definition) is 0. The Labute approximate surface area is 330 Å². The lowest BCUT2D eigenvalue weighted by Crippen LogP contribution is -2.54. The second-order valence-corrected chi connectivity index (χ2v) is 20.7. The zero-order valence-electron chi connectivity index (χ0n) is 36.7. The first-order valence-electron chi connectivity index (χ1n) is 23.8. The minimum Gasteiger partial charge on any atom is -0.381 e. The molecular weight excluding hydrogens is 647 g/mol. The molecule has 0 heterocycles. The largest absolute Gasteiger partial charge is 0.381 e. The van der Waals surface area contributed by atoms with Gasteiger partial charge in [0, 0.05) is 43.7 Å². The molecule has 0 saturated heterocycles. The van der Waals surface area contributed by atoms with Crippen LogP contribution in [0.5, 0.6) is 0 Å². The van der Waals surface area contributed by atoms with Crippen LogP contribution in [0.15, 0.2) is 24.3 Å². The molecule has 5 aliphatic rings. The molecule has 5 aliphatic carbocycles. The van der Waals surface area contributed by atoms with E-state index >= 15 is 0 Å². The molecule has 0 amide bonds. The van der Waals surface area contributed by atoms with Crippen LogP contribution in [0.1, 0.15) is 184 Å². The van der Waals surface area contributed by atoms with Crippen molar-refractivity contribution >= 4 is 0 Å². The summed E-state index contributed by atoms with van der Waals surface area (Å²) in [4.78, 5) is 3.22. The fourth-order valence-electron chi connectivity index (χ4n) is 12.3. The molecule has 0 aromatic rings. The zero-order valence-corrected chi connectivity index (χ0v) is 36.7. The van der Waals surface area contributed by atoms with Crippen molar-refractivity contribution < 1.29 is 9.47 Å². The zero-order chi connectivity index (χ0) is 37.9. The van der Waals surface area contributed by atoms with Gasteiger partial charge >= 0.3 is 0 Å². The average molecular weight is 736 g/mol. The van der Waals surface area contributed by atoms with E-state index in [4.69, 9.17) is 9.47 Å². The third-order valence-electron chi connectivity index (χ3n) is 16.2. The van der Waals surface area contributed by atoms with E-state index in [2.05, 4.69) is 84.6 Å². The second-order valence-electron chi connectivity index (χ2n) is 20.7. The maximum absolute atomic E-state index is 6.75. The molecule has 5 fully saturated rings. The average Bonchev–Trinajstić information content (AvgIpc) is 3.14. The molecule has 11 unspecified atom stereocenters. The highest BCUT2D eigenvalue weighted by atomic mass is 16.5. The van der Waals surface area contributed by atoms with E-state index < -0.39 is 0 Å². The van der Waals surface area contributed by atoms with Gasteiger partial charge in [0.1, 0.15) is 0 Å². The standard InChI is InChI=1S/C50H89NO2/c1-10-12-44-33-49(52-9)45(34-50(44)53-30-29-36(4)14-11-13-35(2)3)21-20-41-22-28-48(32-40(41)8)51(47-25-17-38(6)39(7)31-47)46-26-23-43(24-27-46)42-18-15-37(5)16-19-42/h10,12,20-21,35-50H,11,13-19,22-34H2,1-9H3. The van der Waals surface area contributed by atoms with Gasteiger partial charge in [-0.1, -0.05) is 105 Å². The van der Waals surface area contributed by atoms with E-state index in [0.717, 1.165) is 84.9 Å². The van der Waals surface area contributed by atoms with Gasteiger partial charge in [-0.2, -0.15) is 0 Å². The van der Waals surface area contributed by atoms with Crippen molar-refractivity contribution in [3.05, 3.63) is 24.3 Å². The van der Waals surface area contributed by atoms with Gasteiger partial charge in [-0.25, -0.2) is 0 Å². The van der Waals surface area contributed by atoms with E-state index in [0.29, 0.717) is 23.9 Å². The minimum absolute atomic E-state index is 0.284. The van der Waals surface area contributed by atoms with Crippen LogP contribution in [0.3, 0.4) is 0 Å². The Bertz CT molecular complexity index is 1070. The summed E-state index contributed by atoms with van der Waals surface area (Å²) in [6.45, 7) is 20.3. The number of nitrogens with zero attached hydrogens (tertiary/aromatic N) is 1. The summed E-state index contributed by atoms with van der Waals surface area (Å²) in [7, 11) is 1.94. The number of hydrogen-bond acceptors (Lipinski definition) is 3. The van der Waals surface area contributed by atoms with Gasteiger partial charge in [-0.3, -0.25) is 4.90 Å². The molecule has 0 aromatic carbocycles. The summed E-state index contributed by atoms with van der Waals surface area (Å²) in [6, 6.07) is 2.43. The van der Waals surface area contributed by atoms with Crippen molar-refractivity contribution in [2.24, 2.45) is 65.1 Å². The van der Waals surface area contributed by atoms with Gasteiger partial charge in [-0.05, 0) is 156 Å². The maximum Gasteiger partial charge on any atom is 0.0645 e. The Hall–Kier alpha value is -0.640. The van der Waals surface area contributed by atoms with Crippen LogP contribution in [-0.2, 0) is 9.47 Å². The minimum atomic E-state index is 0.284. The van der Waals surface area contributed by atoms with Crippen LogP contribution in [0.2, 0.25) is 0 Å². The number of allylic oxidation sites excluding steroid dienone is 2. The van der Waals surface area contributed by atoms with Crippen molar-refractivity contribution in [3.63, 3.8) is 0 Å². The van der Waals surface area contributed by atoms with Gasteiger partial charge in [-0.15, -0.1) is 0 Å². The Morgan fingerprint density at radius 1 is 0.566 bits per heavy atom. The maximum atomic E-state index is 6.75. The van der Waals surface area contributed by atoms with Gasteiger partial charge in [0.25, 0.3) is 0 Å². The molecule has 53 heavy (non-hydrogen) atoms. The highest BCUT2D eigenvalue weighted by molar-refractivity contribution is 5.06. The molecule has 11 atom stereocenters. The number of ether oxygens (including phenoxy) is 2. The van der Waals surface area contributed by atoms with Crippen LogP contribution >= 0.6 is 0 Å². The first kappa shape index (κ1) is 43.5. The molecule has 0 bridgehead atoms. The van der Waals surface area contributed by atoms with Gasteiger partial charge < -0.3 is 9.47 Å². The molecule has 0 spiro atoms. The SMILES string of the molecule is CC=CC1CC(OC)C(C=CC2CCC(N(C3CCC(C4CCC(C)CC4)CC3)C3CCC(C)C(C)C3)CC2C)CC1OCCC(C)CCCC(C)C. The summed E-state index contributed by atoms with van der Waals surface area (Å²) >= 11 is 0. The van der Waals surface area contributed by atoms with Gasteiger partial charge in [0.2, 0.25) is 0 Å². The van der Waals surface area contributed by atoms with Crippen molar-refractivity contribution in [3.8, 4) is 0 Å². The van der Waals surface area contributed by atoms with Crippen molar-refractivity contribution in [2.45, 2.75) is 214 Å². The topological polar surface area (TPSA) is 21.7 Å². The summed E-state index contributed by atoms with van der Waals surface area (Å²) in [6.07, 6.45) is 38.3. The van der Waals surface area contributed by atoms with Crippen LogP contribution in [0, 0.1) is 65.1 Å². The molecule has 0 N–H and O–H groups in total. The summed E-state index contributed by atoms with van der Waals surface area (Å²) in [5, 5.41) is 0. The number of rotatable bonds is 16. The molecule has 3 nitrogen and oxygen atoms in total. The fraction of sp³-hybridized carbons (Fsp3) is 0.920. The van der Waals surface area contributed by atoms with Gasteiger partial charge in [0.05, 0.1) is 12.2 Å². The highest BCUT2D eigenvalue weighted by Gasteiger charge is 2.42. The monoisotopic (exact) mass is 736 g/mol. The Balaban J connectivity index is 1.18. The summed E-state index contributed by atoms with van der Waals surface area (Å²) in [5.41, 5.74) is 0. The number of methoxy groups -OCH3 is 1. The van der Waals surface area contributed by atoms with Crippen LogP contribution < -0.4 is 0 Å². The van der Waals surface area contributed by atoms with Gasteiger partial charge in [0.15, 0.2) is 0 Å². The fourth-order valence-corrected chi connectivity index (χ4v) is 12.3. The molecule has 0 aromatic heterocycles. The highest BCUT2D eigenvalue weighted by Crippen LogP contribution is 2.45. The lowest BCUT2D eigenvalue weighted by atomic mass is 9.69. The van der Waals surface area contributed by atoms with E-state index in [1.54, 1.807) is 0 Å². The van der Waals surface area contributed by atoms with Crippen LogP contribution in [-0.4, -0.2) is 49.0 Å². The molecule has 5 saturated carbocycles. The summed E-state index contributed by atoms with van der Waals surface area (Å²) < 4.78 is 13.0. The van der Waals surface area contributed by atoms with E-state index in [9.17, 15) is 0 Å². The lowest BCUT2D eigenvalue weighted by Gasteiger charge is -2.51. The Morgan fingerprint density at radius 3 is 1.77 bits per heavy atom. The third kappa shape index (κ3) is 12.7. The lowest BCUT2D eigenvalue weighted by molar-refractivity contribution is -0.0614. The first-order chi connectivity index (χ1) is 25.6.